The number of hydrogen-bond donors (Lipinski definition) is 1. The molecule has 0 aliphatic heterocycles. The largest absolute Gasteiger partial charge is 0.360 e. The quantitative estimate of drug-likeness (QED) is 0.819. The lowest BCUT2D eigenvalue weighted by Crippen LogP contribution is -2.19. The maximum Gasteiger partial charge on any atom is 0.177 e. The summed E-state index contributed by atoms with van der Waals surface area (Å²) in [4.78, 5) is 15.9. The van der Waals surface area contributed by atoms with E-state index in [1.54, 1.807) is 0 Å². The van der Waals surface area contributed by atoms with Crippen LogP contribution in [0.4, 0.5) is 0 Å². The molecule has 1 aliphatic rings. The van der Waals surface area contributed by atoms with Gasteiger partial charge in [-0.2, -0.15) is 0 Å². The summed E-state index contributed by atoms with van der Waals surface area (Å²) in [5.74, 6) is 0.262. The van der Waals surface area contributed by atoms with Gasteiger partial charge in [-0.25, -0.2) is 0 Å². The van der Waals surface area contributed by atoms with Gasteiger partial charge in [0.05, 0.1) is 5.25 Å². The van der Waals surface area contributed by atoms with Gasteiger partial charge in [0.1, 0.15) is 0 Å². The van der Waals surface area contributed by atoms with E-state index in [-0.39, 0.29) is 11.0 Å². The molecule has 1 aromatic carbocycles. The second kappa shape index (κ2) is 6.04. The molecule has 0 bridgehead atoms. The molecule has 2 nitrogen and oxygen atoms in total. The maximum absolute atomic E-state index is 12.7. The molecule has 1 heterocycles. The average molecular weight is 287 g/mol. The number of hydrogen-bond acceptors (Lipinski definition) is 2. The number of rotatable bonds is 4. The number of H-pyrrole nitrogens is 1. The predicted molar refractivity (Wildman–Crippen MR) is 86.6 cm³/mol. The first-order valence-electron chi connectivity index (χ1n) is 7.51. The van der Waals surface area contributed by atoms with E-state index in [0.717, 1.165) is 16.5 Å². The summed E-state index contributed by atoms with van der Waals surface area (Å²) >= 11 is 1.87. The van der Waals surface area contributed by atoms with Gasteiger partial charge < -0.3 is 4.98 Å². The van der Waals surface area contributed by atoms with Crippen LogP contribution in [0.15, 0.2) is 30.5 Å². The van der Waals surface area contributed by atoms with Crippen LogP contribution >= 0.6 is 11.8 Å². The lowest BCUT2D eigenvalue weighted by molar-refractivity contribution is 0.0995. The van der Waals surface area contributed by atoms with Crippen molar-refractivity contribution in [3.05, 3.63) is 36.0 Å². The summed E-state index contributed by atoms with van der Waals surface area (Å²) in [6.45, 7) is 2.06. The first kappa shape index (κ1) is 13.7. The zero-order valence-electron chi connectivity index (χ0n) is 11.9. The SMILES string of the molecule is CC(SC1CCCCC1)C(=O)c1c[nH]c2ccccc12. The van der Waals surface area contributed by atoms with Crippen molar-refractivity contribution in [2.45, 2.75) is 49.5 Å². The van der Waals surface area contributed by atoms with E-state index in [9.17, 15) is 4.79 Å². The van der Waals surface area contributed by atoms with Crippen LogP contribution in [0, 0.1) is 0 Å². The molecule has 1 N–H and O–H groups in total. The number of fused-ring (bicyclic) bond motifs is 1. The molecule has 0 spiro atoms. The molecule has 1 unspecified atom stereocenters. The van der Waals surface area contributed by atoms with Crippen LogP contribution in [0.5, 0.6) is 0 Å². The van der Waals surface area contributed by atoms with Crippen molar-refractivity contribution in [2.24, 2.45) is 0 Å². The molecule has 106 valence electrons. The van der Waals surface area contributed by atoms with Crippen LogP contribution < -0.4 is 0 Å². The molecule has 1 atom stereocenters. The number of carbonyl (C=O) groups is 1. The molecule has 1 saturated carbocycles. The van der Waals surface area contributed by atoms with Gasteiger partial charge in [-0.1, -0.05) is 37.5 Å². The summed E-state index contributed by atoms with van der Waals surface area (Å²) in [7, 11) is 0. The van der Waals surface area contributed by atoms with Gasteiger partial charge >= 0.3 is 0 Å². The minimum Gasteiger partial charge on any atom is -0.360 e. The Hall–Kier alpha value is -1.22. The third-order valence-electron chi connectivity index (χ3n) is 4.17. The Morgan fingerprint density at radius 3 is 2.80 bits per heavy atom. The Labute approximate surface area is 124 Å². The van der Waals surface area contributed by atoms with Crippen LogP contribution in [0.3, 0.4) is 0 Å². The monoisotopic (exact) mass is 287 g/mol. The minimum atomic E-state index is 0.0531. The first-order valence-corrected chi connectivity index (χ1v) is 8.46. The number of nitrogens with one attached hydrogen (secondary N) is 1. The fourth-order valence-electron chi connectivity index (χ4n) is 3.05. The van der Waals surface area contributed by atoms with Crippen LogP contribution in [-0.2, 0) is 0 Å². The van der Waals surface area contributed by atoms with E-state index in [2.05, 4.69) is 11.9 Å². The molecular weight excluding hydrogens is 266 g/mol. The number of ketones is 1. The zero-order chi connectivity index (χ0) is 13.9. The molecule has 1 fully saturated rings. The smallest absolute Gasteiger partial charge is 0.177 e. The lowest BCUT2D eigenvalue weighted by Gasteiger charge is -2.23. The molecule has 3 heteroatoms. The number of para-hydroxylation sites is 1. The highest BCUT2D eigenvalue weighted by Gasteiger charge is 2.23. The van der Waals surface area contributed by atoms with E-state index >= 15 is 0 Å². The Morgan fingerprint density at radius 2 is 2.00 bits per heavy atom. The van der Waals surface area contributed by atoms with Gasteiger partial charge in [0.25, 0.3) is 0 Å². The minimum absolute atomic E-state index is 0.0531. The summed E-state index contributed by atoms with van der Waals surface area (Å²) in [5, 5.41) is 1.78. The fraction of sp³-hybridized carbons (Fsp3) is 0.471. The number of aromatic amines is 1. The molecule has 2 aromatic rings. The lowest BCUT2D eigenvalue weighted by atomic mass is 10.0. The van der Waals surface area contributed by atoms with E-state index in [1.165, 1.54) is 32.1 Å². The second-order valence-corrected chi connectivity index (χ2v) is 7.30. The van der Waals surface area contributed by atoms with Gasteiger partial charge in [-0.15, -0.1) is 11.8 Å². The van der Waals surface area contributed by atoms with Crippen molar-refractivity contribution in [1.82, 2.24) is 4.98 Å². The van der Waals surface area contributed by atoms with Crippen LogP contribution in [0.2, 0.25) is 0 Å². The first-order chi connectivity index (χ1) is 9.75. The fourth-order valence-corrected chi connectivity index (χ4v) is 4.48. The summed E-state index contributed by atoms with van der Waals surface area (Å²) < 4.78 is 0. The molecule has 1 aliphatic carbocycles. The summed E-state index contributed by atoms with van der Waals surface area (Å²) in [6.07, 6.45) is 8.43. The summed E-state index contributed by atoms with van der Waals surface area (Å²) in [5.41, 5.74) is 1.89. The number of thioether (sulfide) groups is 1. The highest BCUT2D eigenvalue weighted by atomic mass is 32.2. The normalized spacial score (nSPS) is 18.2. The highest BCUT2D eigenvalue weighted by Crippen LogP contribution is 2.33. The molecule has 3 rings (SSSR count). The summed E-state index contributed by atoms with van der Waals surface area (Å²) in [6, 6.07) is 8.03. The van der Waals surface area contributed by atoms with E-state index in [4.69, 9.17) is 0 Å². The molecule has 0 amide bonds. The topological polar surface area (TPSA) is 32.9 Å². The highest BCUT2D eigenvalue weighted by molar-refractivity contribution is 8.01. The Morgan fingerprint density at radius 1 is 1.25 bits per heavy atom. The Bertz CT molecular complexity index is 598. The van der Waals surface area contributed by atoms with Crippen molar-refractivity contribution >= 4 is 28.4 Å². The van der Waals surface area contributed by atoms with Gasteiger partial charge in [-0.3, -0.25) is 4.79 Å². The Balaban J connectivity index is 1.74. The zero-order valence-corrected chi connectivity index (χ0v) is 12.7. The molecular formula is C17H21NOS. The van der Waals surface area contributed by atoms with E-state index in [1.807, 2.05) is 42.2 Å². The predicted octanol–water partition coefficient (Wildman–Crippen LogP) is 4.81. The van der Waals surface area contributed by atoms with Gasteiger partial charge in [-0.05, 0) is 25.8 Å². The number of carbonyl (C=O) groups excluding carboxylic acids is 1. The van der Waals surface area contributed by atoms with Crippen molar-refractivity contribution in [3.8, 4) is 0 Å². The maximum atomic E-state index is 12.7. The number of benzene rings is 1. The third-order valence-corrected chi connectivity index (χ3v) is 5.65. The standard InChI is InChI=1S/C17H21NOS/c1-12(20-13-7-3-2-4-8-13)17(19)15-11-18-16-10-6-5-9-14(15)16/h5-6,9-13,18H,2-4,7-8H2,1H3. The van der Waals surface area contributed by atoms with Crippen LogP contribution in [-0.4, -0.2) is 21.3 Å². The molecule has 1 aromatic heterocycles. The molecule has 0 radical (unpaired) electrons. The van der Waals surface area contributed by atoms with Crippen LogP contribution in [0.1, 0.15) is 49.4 Å². The molecule has 20 heavy (non-hydrogen) atoms. The average Bonchev–Trinajstić information content (AvgIpc) is 2.91. The van der Waals surface area contributed by atoms with Crippen molar-refractivity contribution in [2.75, 3.05) is 0 Å². The Kier molecular flexibility index (Phi) is 4.16. The van der Waals surface area contributed by atoms with Crippen molar-refractivity contribution < 1.29 is 4.79 Å². The molecule has 0 saturated heterocycles. The van der Waals surface area contributed by atoms with Crippen molar-refractivity contribution in [3.63, 3.8) is 0 Å². The van der Waals surface area contributed by atoms with Crippen LogP contribution in [0.25, 0.3) is 10.9 Å². The van der Waals surface area contributed by atoms with Gasteiger partial charge in [0, 0.05) is 27.9 Å². The van der Waals surface area contributed by atoms with E-state index in [0.29, 0.717) is 5.25 Å². The number of Topliss-reactive ketones (excluding diaryl/α,β-unsaturated/α-hetero) is 1. The van der Waals surface area contributed by atoms with Gasteiger partial charge in [0.15, 0.2) is 5.78 Å². The number of aromatic nitrogens is 1. The third kappa shape index (κ3) is 2.78. The van der Waals surface area contributed by atoms with Crippen molar-refractivity contribution in [1.29, 1.82) is 0 Å². The van der Waals surface area contributed by atoms with E-state index < -0.39 is 0 Å². The van der Waals surface area contributed by atoms with Gasteiger partial charge in [0.2, 0.25) is 0 Å². The second-order valence-electron chi connectivity index (χ2n) is 5.65.